The van der Waals surface area contributed by atoms with Crippen LogP contribution < -0.4 is 14.4 Å². The van der Waals surface area contributed by atoms with E-state index in [0.29, 0.717) is 40.9 Å². The topological polar surface area (TPSA) is 55.8 Å². The highest BCUT2D eigenvalue weighted by atomic mass is 35.5. The van der Waals surface area contributed by atoms with Crippen LogP contribution in [-0.4, -0.2) is 37.5 Å². The van der Waals surface area contributed by atoms with E-state index in [4.69, 9.17) is 21.1 Å². The molecule has 0 saturated carbocycles. The van der Waals surface area contributed by atoms with Crippen molar-refractivity contribution in [1.82, 2.24) is 0 Å². The van der Waals surface area contributed by atoms with Crippen LogP contribution in [0.4, 0.5) is 5.69 Å². The van der Waals surface area contributed by atoms with Crippen LogP contribution in [0, 0.1) is 5.92 Å². The van der Waals surface area contributed by atoms with Gasteiger partial charge < -0.3 is 14.4 Å². The van der Waals surface area contributed by atoms with Gasteiger partial charge in [0.05, 0.1) is 24.9 Å². The molecule has 2 rings (SSSR count). The highest BCUT2D eigenvalue weighted by Gasteiger charge is 2.32. The highest BCUT2D eigenvalue weighted by Crippen LogP contribution is 2.40. The zero-order valence-electron chi connectivity index (χ0n) is 12.7. The molecule has 0 aromatic heterocycles. The Balaban J connectivity index is 2.22. The van der Waals surface area contributed by atoms with Gasteiger partial charge in [-0.2, -0.15) is 0 Å². The van der Waals surface area contributed by atoms with E-state index in [1.807, 2.05) is 0 Å². The molecule has 0 radical (unpaired) electrons. The number of thioether (sulfide) groups is 1. The number of halogens is 1. The van der Waals surface area contributed by atoms with Crippen molar-refractivity contribution in [2.75, 3.05) is 31.4 Å². The van der Waals surface area contributed by atoms with Gasteiger partial charge in [0.25, 0.3) is 0 Å². The zero-order valence-corrected chi connectivity index (χ0v) is 14.3. The third kappa shape index (κ3) is 3.67. The first-order valence-corrected chi connectivity index (χ1v) is 8.17. The first-order chi connectivity index (χ1) is 10.5. The van der Waals surface area contributed by atoms with Gasteiger partial charge in [0.1, 0.15) is 11.5 Å². The van der Waals surface area contributed by atoms with Gasteiger partial charge in [0.2, 0.25) is 5.91 Å². The summed E-state index contributed by atoms with van der Waals surface area (Å²) in [5, 5.41) is 0.489. The number of anilines is 1. The Morgan fingerprint density at radius 1 is 1.36 bits per heavy atom. The highest BCUT2D eigenvalue weighted by molar-refractivity contribution is 8.13. The Morgan fingerprint density at radius 3 is 2.64 bits per heavy atom. The Labute approximate surface area is 138 Å². The maximum Gasteiger partial charge on any atom is 0.227 e. The number of hydrogen-bond acceptors (Lipinski definition) is 5. The van der Waals surface area contributed by atoms with Crippen LogP contribution in [0.3, 0.4) is 0 Å². The molecule has 1 amide bonds. The van der Waals surface area contributed by atoms with E-state index >= 15 is 0 Å². The minimum Gasteiger partial charge on any atom is -0.495 e. The molecule has 1 aliphatic rings. The Bertz CT molecular complexity index is 593. The second-order valence-corrected chi connectivity index (χ2v) is 6.64. The van der Waals surface area contributed by atoms with Crippen LogP contribution in [-0.2, 0) is 9.59 Å². The minimum atomic E-state index is 0.00804. The van der Waals surface area contributed by atoms with E-state index in [1.165, 1.54) is 32.9 Å². The van der Waals surface area contributed by atoms with Crippen molar-refractivity contribution in [3.05, 3.63) is 17.2 Å². The molecule has 1 atom stereocenters. The molecule has 0 aliphatic carbocycles. The van der Waals surface area contributed by atoms with Crippen molar-refractivity contribution in [1.29, 1.82) is 0 Å². The number of ether oxygens (including phenoxy) is 2. The second kappa shape index (κ2) is 7.24. The lowest BCUT2D eigenvalue weighted by molar-refractivity contribution is -0.117. The number of methoxy groups -OCH3 is 2. The second-order valence-electron chi connectivity index (χ2n) is 5.04. The van der Waals surface area contributed by atoms with E-state index in [-0.39, 0.29) is 16.9 Å². The van der Waals surface area contributed by atoms with Crippen LogP contribution in [0.15, 0.2) is 12.1 Å². The minimum absolute atomic E-state index is 0.00804. The molecule has 22 heavy (non-hydrogen) atoms. The standard InChI is InChI=1S/C15H18ClNO4S/c1-9(18)22-8-10-4-15(19)17(7-10)12-5-11(16)13(20-2)6-14(12)21-3/h5-6,10H,4,7-8H2,1-3H3. The third-order valence-corrected chi connectivity index (χ3v) is 4.81. The van der Waals surface area contributed by atoms with Crippen molar-refractivity contribution in [3.8, 4) is 11.5 Å². The van der Waals surface area contributed by atoms with Crippen LogP contribution in [0.1, 0.15) is 13.3 Å². The Morgan fingerprint density at radius 2 is 2.05 bits per heavy atom. The lowest BCUT2D eigenvalue weighted by Crippen LogP contribution is -2.25. The van der Waals surface area contributed by atoms with E-state index < -0.39 is 0 Å². The average Bonchev–Trinajstić information content (AvgIpc) is 2.85. The van der Waals surface area contributed by atoms with Crippen molar-refractivity contribution in [2.45, 2.75) is 13.3 Å². The number of amides is 1. The molecule has 120 valence electrons. The zero-order chi connectivity index (χ0) is 16.3. The lowest BCUT2D eigenvalue weighted by atomic mass is 10.1. The van der Waals surface area contributed by atoms with Gasteiger partial charge in [-0.05, 0) is 12.0 Å². The number of hydrogen-bond donors (Lipinski definition) is 0. The molecule has 0 N–H and O–H groups in total. The quantitative estimate of drug-likeness (QED) is 0.822. The molecule has 1 fully saturated rings. The molecule has 1 aliphatic heterocycles. The van der Waals surface area contributed by atoms with Crippen molar-refractivity contribution in [2.24, 2.45) is 5.92 Å². The van der Waals surface area contributed by atoms with Crippen LogP contribution in [0.5, 0.6) is 11.5 Å². The summed E-state index contributed by atoms with van der Waals surface area (Å²) in [5.74, 6) is 1.83. The van der Waals surface area contributed by atoms with Crippen LogP contribution in [0.25, 0.3) is 0 Å². The van der Waals surface area contributed by atoms with Crippen molar-refractivity contribution in [3.63, 3.8) is 0 Å². The fourth-order valence-corrected chi connectivity index (χ4v) is 3.35. The van der Waals surface area contributed by atoms with Gasteiger partial charge in [0.15, 0.2) is 5.12 Å². The normalized spacial score (nSPS) is 17.7. The van der Waals surface area contributed by atoms with Gasteiger partial charge in [-0.3, -0.25) is 9.59 Å². The number of carbonyl (C=O) groups excluding carboxylic acids is 2. The summed E-state index contributed by atoms with van der Waals surface area (Å²) < 4.78 is 10.5. The number of rotatable bonds is 5. The number of benzene rings is 1. The van der Waals surface area contributed by atoms with Gasteiger partial charge >= 0.3 is 0 Å². The molecule has 1 aromatic carbocycles. The molecular formula is C15H18ClNO4S. The van der Waals surface area contributed by atoms with Gasteiger partial charge in [-0.25, -0.2) is 0 Å². The van der Waals surface area contributed by atoms with Crippen molar-refractivity contribution < 1.29 is 19.1 Å². The summed E-state index contributed by atoms with van der Waals surface area (Å²) in [6.45, 7) is 2.09. The van der Waals surface area contributed by atoms with Gasteiger partial charge in [-0.1, -0.05) is 23.4 Å². The summed E-state index contributed by atoms with van der Waals surface area (Å²) in [7, 11) is 3.06. The molecule has 5 nitrogen and oxygen atoms in total. The molecule has 1 heterocycles. The van der Waals surface area contributed by atoms with E-state index in [9.17, 15) is 9.59 Å². The molecule has 1 unspecified atom stereocenters. The van der Waals surface area contributed by atoms with Gasteiger partial charge in [0, 0.05) is 31.7 Å². The summed E-state index contributed by atoms with van der Waals surface area (Å²) in [6, 6.07) is 3.35. The van der Waals surface area contributed by atoms with Crippen LogP contribution >= 0.6 is 23.4 Å². The number of carbonyl (C=O) groups is 2. The Hall–Kier alpha value is -1.40. The average molecular weight is 344 g/mol. The smallest absolute Gasteiger partial charge is 0.227 e. The molecule has 0 spiro atoms. The predicted molar refractivity (Wildman–Crippen MR) is 88.2 cm³/mol. The Kier molecular flexibility index (Phi) is 5.58. The molecule has 0 bridgehead atoms. The molecule has 1 saturated heterocycles. The van der Waals surface area contributed by atoms with Crippen LogP contribution in [0.2, 0.25) is 5.02 Å². The number of nitrogens with zero attached hydrogens (tertiary/aromatic N) is 1. The lowest BCUT2D eigenvalue weighted by Gasteiger charge is -2.21. The van der Waals surface area contributed by atoms with E-state index in [0.717, 1.165) is 0 Å². The fourth-order valence-electron chi connectivity index (χ4n) is 2.42. The van der Waals surface area contributed by atoms with E-state index in [2.05, 4.69) is 0 Å². The largest absolute Gasteiger partial charge is 0.495 e. The van der Waals surface area contributed by atoms with Crippen molar-refractivity contribution >= 4 is 40.1 Å². The summed E-state index contributed by atoms with van der Waals surface area (Å²) in [6.07, 6.45) is 0.424. The third-order valence-electron chi connectivity index (χ3n) is 3.47. The summed E-state index contributed by atoms with van der Waals surface area (Å²) >= 11 is 7.41. The van der Waals surface area contributed by atoms with E-state index in [1.54, 1.807) is 17.0 Å². The monoisotopic (exact) mass is 343 g/mol. The predicted octanol–water partition coefficient (Wildman–Crippen LogP) is 2.99. The molecular weight excluding hydrogens is 326 g/mol. The first-order valence-electron chi connectivity index (χ1n) is 6.81. The maximum absolute atomic E-state index is 12.3. The van der Waals surface area contributed by atoms with Gasteiger partial charge in [-0.15, -0.1) is 0 Å². The summed E-state index contributed by atoms with van der Waals surface area (Å²) in [4.78, 5) is 25.0. The molecule has 1 aromatic rings. The summed E-state index contributed by atoms with van der Waals surface area (Å²) in [5.41, 5.74) is 0.633. The maximum atomic E-state index is 12.3. The molecule has 7 heteroatoms. The SMILES string of the molecule is COc1cc(OC)c(N2CC(CSC(C)=O)CC2=O)cc1Cl. The first kappa shape index (κ1) is 17.0. The fraction of sp³-hybridized carbons (Fsp3) is 0.467.